The summed E-state index contributed by atoms with van der Waals surface area (Å²) in [6.07, 6.45) is 1.16. The van der Waals surface area contributed by atoms with Crippen molar-refractivity contribution < 1.29 is 8.42 Å². The summed E-state index contributed by atoms with van der Waals surface area (Å²) in [5.41, 5.74) is 0. The molecule has 0 N–H and O–H groups in total. The van der Waals surface area contributed by atoms with Crippen molar-refractivity contribution in [1.29, 1.82) is 0 Å². The lowest BCUT2D eigenvalue weighted by Gasteiger charge is -2.35. The average Bonchev–Trinajstić information content (AvgIpc) is 2.09. The Morgan fingerprint density at radius 1 is 1.27 bits per heavy atom. The molecule has 3 nitrogen and oxygen atoms in total. The van der Waals surface area contributed by atoms with Gasteiger partial charge in [0.25, 0.3) is 0 Å². The van der Waals surface area contributed by atoms with Crippen LogP contribution in [-0.4, -0.2) is 44.5 Å². The molecule has 0 aliphatic carbocycles. The summed E-state index contributed by atoms with van der Waals surface area (Å²) in [7, 11) is -0.638. The van der Waals surface area contributed by atoms with E-state index >= 15 is 0 Å². The Labute approximate surface area is 93.8 Å². The molecule has 0 aromatic rings. The van der Waals surface area contributed by atoms with Crippen molar-refractivity contribution in [1.82, 2.24) is 4.90 Å². The molecule has 0 spiro atoms. The lowest BCUT2D eigenvalue weighted by Crippen LogP contribution is -2.52. The van der Waals surface area contributed by atoms with Gasteiger partial charge in [0.2, 0.25) is 0 Å². The third-order valence-corrected chi connectivity index (χ3v) is 5.38. The number of sulfone groups is 1. The van der Waals surface area contributed by atoms with E-state index in [0.717, 1.165) is 13.0 Å². The summed E-state index contributed by atoms with van der Waals surface area (Å²) < 4.78 is 22.0. The lowest BCUT2D eigenvalue weighted by molar-refractivity contribution is 0.232. The number of hydrogen-bond acceptors (Lipinski definition) is 3. The van der Waals surface area contributed by atoms with Crippen LogP contribution in [0.4, 0.5) is 0 Å². The summed E-state index contributed by atoms with van der Waals surface area (Å²) in [5, 5.41) is 0. The summed E-state index contributed by atoms with van der Waals surface area (Å²) in [6.45, 7) is 7.74. The molecule has 0 aromatic heterocycles. The highest BCUT2D eigenvalue weighted by molar-refractivity contribution is 7.92. The van der Waals surface area contributed by atoms with Crippen LogP contribution in [0.1, 0.15) is 27.2 Å². The quantitative estimate of drug-likeness (QED) is 0.720. The standard InChI is InChI=1S/C11H23NO2S/c1-9(2)10(3)5-6-12(4)11-7-15(13,14)8-11/h9-11H,5-8H2,1-4H3. The third kappa shape index (κ3) is 3.76. The van der Waals surface area contributed by atoms with Crippen LogP contribution in [0.25, 0.3) is 0 Å². The van der Waals surface area contributed by atoms with E-state index < -0.39 is 9.84 Å². The fourth-order valence-corrected chi connectivity index (χ4v) is 3.30. The molecule has 15 heavy (non-hydrogen) atoms. The molecule has 1 rings (SSSR count). The van der Waals surface area contributed by atoms with Gasteiger partial charge in [-0.15, -0.1) is 0 Å². The molecule has 1 atom stereocenters. The Bertz CT molecular complexity index is 286. The summed E-state index contributed by atoms with van der Waals surface area (Å²) in [4.78, 5) is 2.19. The smallest absolute Gasteiger partial charge is 0.153 e. The SMILES string of the molecule is CC(C)C(C)CCN(C)C1CS(=O)(=O)C1. The first-order valence-electron chi connectivity index (χ1n) is 5.72. The maximum Gasteiger partial charge on any atom is 0.153 e. The van der Waals surface area contributed by atoms with Gasteiger partial charge in [-0.05, 0) is 31.8 Å². The molecule has 0 radical (unpaired) electrons. The van der Waals surface area contributed by atoms with Crippen LogP contribution in [0.2, 0.25) is 0 Å². The molecule has 1 saturated heterocycles. The minimum atomic E-state index is -2.67. The van der Waals surface area contributed by atoms with Crippen molar-refractivity contribution in [3.8, 4) is 0 Å². The molecular formula is C11H23NO2S. The molecule has 1 aliphatic rings. The Balaban J connectivity index is 2.23. The number of rotatable bonds is 5. The Morgan fingerprint density at radius 3 is 2.20 bits per heavy atom. The fraction of sp³-hybridized carbons (Fsp3) is 1.00. The first-order chi connectivity index (χ1) is 6.82. The van der Waals surface area contributed by atoms with Gasteiger partial charge in [0.15, 0.2) is 9.84 Å². The molecule has 0 saturated carbocycles. The third-order valence-electron chi connectivity index (χ3n) is 3.59. The minimum Gasteiger partial charge on any atom is -0.301 e. The van der Waals surface area contributed by atoms with E-state index in [1.54, 1.807) is 0 Å². The zero-order chi connectivity index (χ0) is 11.6. The van der Waals surface area contributed by atoms with Gasteiger partial charge >= 0.3 is 0 Å². The normalized spacial score (nSPS) is 23.1. The molecule has 0 amide bonds. The van der Waals surface area contributed by atoms with E-state index in [9.17, 15) is 8.42 Å². The monoisotopic (exact) mass is 233 g/mol. The maximum atomic E-state index is 11.0. The molecule has 90 valence electrons. The zero-order valence-corrected chi connectivity index (χ0v) is 11.0. The Kier molecular flexibility index (Phi) is 4.18. The van der Waals surface area contributed by atoms with E-state index in [1.807, 2.05) is 7.05 Å². The molecule has 1 heterocycles. The van der Waals surface area contributed by atoms with Crippen LogP contribution in [0.5, 0.6) is 0 Å². The second-order valence-corrected chi connectivity index (χ2v) is 7.38. The van der Waals surface area contributed by atoms with Gasteiger partial charge in [-0.1, -0.05) is 20.8 Å². The second-order valence-electron chi connectivity index (χ2n) is 5.22. The van der Waals surface area contributed by atoms with Crippen molar-refractivity contribution in [3.05, 3.63) is 0 Å². The van der Waals surface area contributed by atoms with E-state index in [0.29, 0.717) is 23.3 Å². The van der Waals surface area contributed by atoms with Crippen LogP contribution < -0.4 is 0 Å². The van der Waals surface area contributed by atoms with Gasteiger partial charge in [-0.25, -0.2) is 8.42 Å². The highest BCUT2D eigenvalue weighted by Crippen LogP contribution is 2.19. The molecule has 0 aromatic carbocycles. The van der Waals surface area contributed by atoms with Crippen LogP contribution >= 0.6 is 0 Å². The molecule has 4 heteroatoms. The second kappa shape index (κ2) is 4.83. The lowest BCUT2D eigenvalue weighted by atomic mass is 9.94. The highest BCUT2D eigenvalue weighted by atomic mass is 32.2. The summed E-state index contributed by atoms with van der Waals surface area (Å²) in [6, 6.07) is 0.273. The van der Waals surface area contributed by atoms with Crippen LogP contribution in [0.3, 0.4) is 0 Å². The first kappa shape index (κ1) is 13.0. The predicted octanol–water partition coefficient (Wildman–Crippen LogP) is 1.40. The average molecular weight is 233 g/mol. The van der Waals surface area contributed by atoms with Crippen molar-refractivity contribution in [2.45, 2.75) is 33.2 Å². The Morgan fingerprint density at radius 2 is 1.80 bits per heavy atom. The molecule has 0 bridgehead atoms. The molecule has 1 aliphatic heterocycles. The van der Waals surface area contributed by atoms with Crippen LogP contribution in [0.15, 0.2) is 0 Å². The van der Waals surface area contributed by atoms with Gasteiger partial charge in [0.05, 0.1) is 11.5 Å². The minimum absolute atomic E-state index is 0.273. The van der Waals surface area contributed by atoms with Gasteiger partial charge in [0.1, 0.15) is 0 Å². The van der Waals surface area contributed by atoms with Gasteiger partial charge < -0.3 is 4.90 Å². The van der Waals surface area contributed by atoms with Crippen molar-refractivity contribution >= 4 is 9.84 Å². The van der Waals surface area contributed by atoms with Crippen molar-refractivity contribution in [2.75, 3.05) is 25.1 Å². The maximum absolute atomic E-state index is 11.0. The molecule has 1 fully saturated rings. The van der Waals surface area contributed by atoms with E-state index in [1.165, 1.54) is 0 Å². The molecular weight excluding hydrogens is 210 g/mol. The fourth-order valence-electron chi connectivity index (χ4n) is 1.72. The summed E-state index contributed by atoms with van der Waals surface area (Å²) in [5.74, 6) is 2.15. The molecule has 1 unspecified atom stereocenters. The van der Waals surface area contributed by atoms with Crippen molar-refractivity contribution in [3.63, 3.8) is 0 Å². The summed E-state index contributed by atoms with van der Waals surface area (Å²) >= 11 is 0. The Hall–Kier alpha value is -0.0900. The highest BCUT2D eigenvalue weighted by Gasteiger charge is 2.35. The number of hydrogen-bond donors (Lipinski definition) is 0. The van der Waals surface area contributed by atoms with Crippen molar-refractivity contribution in [2.24, 2.45) is 11.8 Å². The zero-order valence-electron chi connectivity index (χ0n) is 10.2. The van der Waals surface area contributed by atoms with E-state index in [2.05, 4.69) is 25.7 Å². The van der Waals surface area contributed by atoms with Crippen LogP contribution in [-0.2, 0) is 9.84 Å². The van der Waals surface area contributed by atoms with Gasteiger partial charge in [0, 0.05) is 6.04 Å². The topological polar surface area (TPSA) is 37.4 Å². The first-order valence-corrected chi connectivity index (χ1v) is 7.54. The van der Waals surface area contributed by atoms with Crippen LogP contribution in [0, 0.1) is 11.8 Å². The van der Waals surface area contributed by atoms with Gasteiger partial charge in [-0.3, -0.25) is 0 Å². The van der Waals surface area contributed by atoms with Gasteiger partial charge in [-0.2, -0.15) is 0 Å². The predicted molar refractivity (Wildman–Crippen MR) is 63.7 cm³/mol. The largest absolute Gasteiger partial charge is 0.301 e. The number of nitrogens with zero attached hydrogens (tertiary/aromatic N) is 1. The van der Waals surface area contributed by atoms with E-state index in [4.69, 9.17) is 0 Å². The van der Waals surface area contributed by atoms with E-state index in [-0.39, 0.29) is 6.04 Å².